The van der Waals surface area contributed by atoms with Gasteiger partial charge in [-0.25, -0.2) is 14.0 Å². The molecule has 2 aromatic carbocycles. The number of aromatic nitrogens is 3. The highest BCUT2D eigenvalue weighted by Crippen LogP contribution is 2.34. The number of nitrogen functional groups attached to an aromatic ring is 1. The van der Waals surface area contributed by atoms with Gasteiger partial charge in [0.1, 0.15) is 11.6 Å². The van der Waals surface area contributed by atoms with Crippen LogP contribution in [0.15, 0.2) is 60.4 Å². The second-order valence-corrected chi connectivity index (χ2v) is 11.3. The van der Waals surface area contributed by atoms with Crippen LogP contribution in [-0.2, 0) is 9.59 Å². The van der Waals surface area contributed by atoms with Gasteiger partial charge in [0.2, 0.25) is 12.2 Å². The molecular formula is C30H31FN7O5P. The molecule has 14 heteroatoms. The average molecular weight is 620 g/mol. The van der Waals surface area contributed by atoms with E-state index in [1.165, 1.54) is 35.1 Å². The summed E-state index contributed by atoms with van der Waals surface area (Å²) >= 11 is 0. The Labute approximate surface area is 253 Å². The van der Waals surface area contributed by atoms with Crippen molar-refractivity contribution in [2.24, 2.45) is 0 Å². The van der Waals surface area contributed by atoms with Crippen LogP contribution in [0.4, 0.5) is 15.9 Å². The molecule has 4 aromatic rings. The number of phenols is 1. The molecule has 0 bridgehead atoms. The summed E-state index contributed by atoms with van der Waals surface area (Å²) in [5, 5.41) is 21.9. The number of hydrogen-bond acceptors (Lipinski definition) is 9. The molecule has 0 radical (unpaired) electrons. The van der Waals surface area contributed by atoms with Crippen LogP contribution in [0.2, 0.25) is 0 Å². The van der Waals surface area contributed by atoms with Crippen molar-refractivity contribution >= 4 is 60.8 Å². The van der Waals surface area contributed by atoms with Crippen LogP contribution in [0.1, 0.15) is 36.8 Å². The number of aromatic amines is 1. The Bertz CT molecular complexity index is 1860. The molecule has 44 heavy (non-hydrogen) atoms. The van der Waals surface area contributed by atoms with E-state index in [4.69, 9.17) is 10.5 Å². The summed E-state index contributed by atoms with van der Waals surface area (Å²) in [6, 6.07) is 8.92. The fourth-order valence-electron chi connectivity index (χ4n) is 4.67. The number of ether oxygens (including phenoxy) is 1. The summed E-state index contributed by atoms with van der Waals surface area (Å²) in [7, 11) is 4.02. The number of imide groups is 1. The van der Waals surface area contributed by atoms with E-state index in [0.29, 0.717) is 33.9 Å². The van der Waals surface area contributed by atoms with Crippen molar-refractivity contribution in [2.75, 3.05) is 17.7 Å². The summed E-state index contributed by atoms with van der Waals surface area (Å²) in [5.74, 6) is -1.68. The molecule has 2 amide bonds. The molecule has 2 aromatic heterocycles. The zero-order valence-corrected chi connectivity index (χ0v) is 25.5. The maximum absolute atomic E-state index is 14.3. The minimum atomic E-state index is -1.08. The van der Waals surface area contributed by atoms with Gasteiger partial charge in [-0.1, -0.05) is 12.1 Å². The van der Waals surface area contributed by atoms with E-state index >= 15 is 0 Å². The molecule has 6 N–H and O–H groups in total. The number of fused-ring (bicyclic) bond motifs is 1. The highest BCUT2D eigenvalue weighted by molar-refractivity contribution is 7.27. The monoisotopic (exact) mass is 619 g/mol. The third-order valence-corrected chi connectivity index (χ3v) is 7.87. The van der Waals surface area contributed by atoms with E-state index < -0.39 is 29.3 Å². The lowest BCUT2D eigenvalue weighted by Gasteiger charge is -2.28. The van der Waals surface area contributed by atoms with E-state index in [1.54, 1.807) is 52.2 Å². The van der Waals surface area contributed by atoms with Gasteiger partial charge in [0.05, 0.1) is 34.4 Å². The number of phenolic OH excluding ortho intramolecular Hbond substituents is 1. The van der Waals surface area contributed by atoms with Crippen molar-refractivity contribution in [3.63, 3.8) is 0 Å². The molecule has 0 saturated heterocycles. The van der Waals surface area contributed by atoms with Crippen LogP contribution < -0.4 is 31.3 Å². The Morgan fingerprint density at radius 3 is 2.70 bits per heavy atom. The topological polar surface area (TPSA) is 168 Å². The molecule has 2 atom stereocenters. The standard InChI is InChI=1S/C30H31FN7O5P/c1-15-8-25(43-27-18(31)6-5-7-24(27)44)34-13-22(15)38-28(32)17(12-35-38)26(41)20-9-16-10-23(40)21(11-19(16)36-20)37(14-39)29(42)30(2,3)33-4/h5-14,25,33-34,36,40H,32,44H2,1-4H3. The molecule has 0 aliphatic carbocycles. The predicted octanol–water partition coefficient (Wildman–Crippen LogP) is 2.76. The first-order valence-corrected chi connectivity index (χ1v) is 14.0. The Morgan fingerprint density at radius 1 is 1.30 bits per heavy atom. The predicted molar refractivity (Wildman–Crippen MR) is 168 cm³/mol. The van der Waals surface area contributed by atoms with Gasteiger partial charge in [-0.3, -0.25) is 14.4 Å². The quantitative estimate of drug-likeness (QED) is 0.108. The van der Waals surface area contributed by atoms with Gasteiger partial charge >= 0.3 is 0 Å². The van der Waals surface area contributed by atoms with Gasteiger partial charge in [0, 0.05) is 22.4 Å². The zero-order chi connectivity index (χ0) is 31.9. The van der Waals surface area contributed by atoms with Gasteiger partial charge in [-0.2, -0.15) is 5.10 Å². The number of hydrogen-bond donors (Lipinski definition) is 5. The number of aromatic hydroxyl groups is 1. The maximum atomic E-state index is 14.3. The number of anilines is 2. The third kappa shape index (κ3) is 5.43. The van der Waals surface area contributed by atoms with Crippen LogP contribution in [0.25, 0.3) is 16.6 Å². The third-order valence-electron chi connectivity index (χ3n) is 7.42. The van der Waals surface area contributed by atoms with Crippen molar-refractivity contribution in [1.29, 1.82) is 0 Å². The summed E-state index contributed by atoms with van der Waals surface area (Å²) in [5.41, 5.74) is 7.19. The summed E-state index contributed by atoms with van der Waals surface area (Å²) in [6.07, 6.45) is 4.36. The van der Waals surface area contributed by atoms with Gasteiger partial charge in [-0.05, 0) is 63.7 Å². The number of dihydropyridines is 1. The molecule has 0 spiro atoms. The highest BCUT2D eigenvalue weighted by atomic mass is 31.0. The smallest absolute Gasteiger partial charge is 0.253 e. The molecule has 0 fully saturated rings. The number of likely N-dealkylation sites (N-methyl/N-ethyl adjacent to an activating group) is 1. The summed E-state index contributed by atoms with van der Waals surface area (Å²) < 4.78 is 21.4. The minimum absolute atomic E-state index is 0.0424. The zero-order valence-electron chi connectivity index (χ0n) is 24.3. The number of amides is 2. The van der Waals surface area contributed by atoms with Crippen LogP contribution in [0.3, 0.4) is 0 Å². The first kappa shape index (κ1) is 30.5. The Morgan fingerprint density at radius 2 is 2.05 bits per heavy atom. The van der Waals surface area contributed by atoms with E-state index in [0.717, 1.165) is 4.90 Å². The number of H-pyrrole nitrogens is 1. The van der Waals surface area contributed by atoms with Crippen molar-refractivity contribution in [3.05, 3.63) is 77.5 Å². The fourth-order valence-corrected chi connectivity index (χ4v) is 4.99. The molecule has 5 rings (SSSR count). The number of nitrogens with one attached hydrogen (secondary N) is 3. The SMILES string of the molecule is CNC(C)(C)C(=O)N(C=O)c1cc2[nH]c(C(=O)c3cnn(C4=CNC(Oc5c(F)cccc5P)C=C4C)c3N)cc2cc1O. The van der Waals surface area contributed by atoms with Crippen LogP contribution in [0.5, 0.6) is 11.5 Å². The van der Waals surface area contributed by atoms with E-state index in [1.807, 2.05) is 0 Å². The van der Waals surface area contributed by atoms with Gasteiger partial charge in [-0.15, -0.1) is 9.24 Å². The van der Waals surface area contributed by atoms with E-state index in [-0.39, 0.29) is 34.3 Å². The molecule has 12 nitrogen and oxygen atoms in total. The van der Waals surface area contributed by atoms with Gasteiger partial charge in [0.25, 0.3) is 5.91 Å². The van der Waals surface area contributed by atoms with Crippen LogP contribution in [0, 0.1) is 5.82 Å². The molecular weight excluding hydrogens is 588 g/mol. The molecule has 1 aliphatic heterocycles. The average Bonchev–Trinajstić information content (AvgIpc) is 3.58. The number of carbonyl (C=O) groups is 3. The Hall–Kier alpha value is -5.00. The normalized spacial score (nSPS) is 14.9. The van der Waals surface area contributed by atoms with Gasteiger partial charge in [0.15, 0.2) is 17.8 Å². The number of allylic oxidation sites excluding steroid dienone is 2. The number of nitrogens with two attached hydrogens (primary N) is 1. The summed E-state index contributed by atoms with van der Waals surface area (Å²) in [6.45, 7) is 5.01. The number of nitrogens with zero attached hydrogens (tertiary/aromatic N) is 3. The van der Waals surface area contributed by atoms with Crippen molar-refractivity contribution in [1.82, 2.24) is 25.4 Å². The second kappa shape index (κ2) is 11.6. The first-order chi connectivity index (χ1) is 20.9. The fraction of sp³-hybridized carbons (Fsp3) is 0.200. The molecule has 228 valence electrons. The molecule has 1 aliphatic rings. The lowest BCUT2D eigenvalue weighted by molar-refractivity contribution is -0.126. The number of ketones is 1. The van der Waals surface area contributed by atoms with E-state index in [9.17, 15) is 23.9 Å². The lowest BCUT2D eigenvalue weighted by atomic mass is 10.0. The summed E-state index contributed by atoms with van der Waals surface area (Å²) in [4.78, 5) is 42.1. The first-order valence-electron chi connectivity index (χ1n) is 13.4. The Kier molecular flexibility index (Phi) is 8.02. The van der Waals surface area contributed by atoms with Crippen LogP contribution >= 0.6 is 9.24 Å². The lowest BCUT2D eigenvalue weighted by Crippen LogP contribution is -2.52. The van der Waals surface area contributed by atoms with Crippen LogP contribution in [-0.4, -0.2) is 56.8 Å². The van der Waals surface area contributed by atoms with Crippen molar-refractivity contribution < 1.29 is 28.6 Å². The van der Waals surface area contributed by atoms with E-state index in [2.05, 4.69) is 30.0 Å². The number of para-hydroxylation sites is 1. The Balaban J connectivity index is 1.39. The highest BCUT2D eigenvalue weighted by Gasteiger charge is 2.33. The minimum Gasteiger partial charge on any atom is -0.506 e. The molecule has 3 heterocycles. The van der Waals surface area contributed by atoms with Gasteiger partial charge < -0.3 is 31.2 Å². The maximum Gasteiger partial charge on any atom is 0.253 e. The number of rotatable bonds is 9. The largest absolute Gasteiger partial charge is 0.506 e. The number of halogens is 1. The molecule has 0 saturated carbocycles. The van der Waals surface area contributed by atoms with Crippen molar-refractivity contribution in [3.8, 4) is 11.5 Å². The second-order valence-electron chi connectivity index (χ2n) is 10.7. The van der Waals surface area contributed by atoms with Crippen molar-refractivity contribution in [2.45, 2.75) is 32.5 Å². The molecule has 2 unspecified atom stereocenters. The number of benzene rings is 2. The number of carbonyl (C=O) groups excluding carboxylic acids is 3.